The van der Waals surface area contributed by atoms with Crippen LogP contribution in [0.4, 0.5) is 0 Å². The lowest BCUT2D eigenvalue weighted by Crippen LogP contribution is -2.36. The van der Waals surface area contributed by atoms with Crippen molar-refractivity contribution >= 4 is 18.3 Å². The molecular formula is C14H21ClN6O2. The van der Waals surface area contributed by atoms with Crippen molar-refractivity contribution in [1.29, 1.82) is 0 Å². The van der Waals surface area contributed by atoms with Crippen molar-refractivity contribution in [2.75, 3.05) is 6.54 Å². The van der Waals surface area contributed by atoms with Gasteiger partial charge in [-0.05, 0) is 20.8 Å². The zero-order valence-electron chi connectivity index (χ0n) is 13.3. The number of hydrogen-bond acceptors (Lipinski definition) is 5. The van der Waals surface area contributed by atoms with Crippen LogP contribution >= 0.6 is 12.4 Å². The molecule has 0 saturated carbocycles. The Kier molecular flexibility index (Phi) is 6.47. The van der Waals surface area contributed by atoms with E-state index >= 15 is 0 Å². The highest BCUT2D eigenvalue weighted by Gasteiger charge is 2.21. The maximum Gasteiger partial charge on any atom is 0.251 e. The number of nitrogens with one attached hydrogen (secondary N) is 3. The van der Waals surface area contributed by atoms with Crippen LogP contribution < -0.4 is 16.6 Å². The van der Waals surface area contributed by atoms with Gasteiger partial charge in [0.25, 0.3) is 5.56 Å². The molecule has 0 fully saturated rings. The van der Waals surface area contributed by atoms with Crippen molar-refractivity contribution in [1.82, 2.24) is 25.5 Å². The summed E-state index contributed by atoms with van der Waals surface area (Å²) in [4.78, 5) is 30.3. The van der Waals surface area contributed by atoms with Gasteiger partial charge in [-0.1, -0.05) is 0 Å². The third-order valence-corrected chi connectivity index (χ3v) is 3.36. The van der Waals surface area contributed by atoms with Crippen LogP contribution in [-0.4, -0.2) is 32.6 Å². The Hall–Kier alpha value is -2.19. The van der Waals surface area contributed by atoms with Crippen LogP contribution in [0.15, 0.2) is 10.9 Å². The number of nitrogens with zero attached hydrogens (tertiary/aromatic N) is 2. The molecule has 126 valence electrons. The molecule has 1 amide bonds. The SMILES string of the molecule is Cc1cc(=O)[nH]c(CCNC(=O)C(N)c2c(C)n[nH]c2C)n1.Cl. The van der Waals surface area contributed by atoms with Gasteiger partial charge in [-0.3, -0.25) is 14.7 Å². The van der Waals surface area contributed by atoms with E-state index in [1.54, 1.807) is 13.8 Å². The van der Waals surface area contributed by atoms with Gasteiger partial charge < -0.3 is 16.0 Å². The number of rotatable bonds is 5. The summed E-state index contributed by atoms with van der Waals surface area (Å²) in [5.74, 6) is 0.247. The Bertz CT molecular complexity index is 720. The van der Waals surface area contributed by atoms with Gasteiger partial charge in [-0.15, -0.1) is 12.4 Å². The fraction of sp³-hybridized carbons (Fsp3) is 0.429. The first-order valence-corrected chi connectivity index (χ1v) is 7.00. The van der Waals surface area contributed by atoms with Crippen LogP contribution in [0.5, 0.6) is 0 Å². The lowest BCUT2D eigenvalue weighted by molar-refractivity contribution is -0.122. The van der Waals surface area contributed by atoms with Crippen molar-refractivity contribution in [3.8, 4) is 0 Å². The first kappa shape index (κ1) is 18.9. The van der Waals surface area contributed by atoms with E-state index in [2.05, 4.69) is 25.5 Å². The number of hydrogen-bond donors (Lipinski definition) is 4. The Balaban J connectivity index is 0.00000264. The molecule has 0 aromatic carbocycles. The second-order valence-electron chi connectivity index (χ2n) is 5.20. The molecule has 9 heteroatoms. The molecule has 0 saturated heterocycles. The minimum atomic E-state index is -0.775. The molecule has 0 aliphatic carbocycles. The van der Waals surface area contributed by atoms with E-state index < -0.39 is 6.04 Å². The number of nitrogens with two attached hydrogens (primary N) is 1. The fourth-order valence-corrected chi connectivity index (χ4v) is 2.32. The minimum Gasteiger partial charge on any atom is -0.354 e. The zero-order chi connectivity index (χ0) is 16.3. The van der Waals surface area contributed by atoms with Gasteiger partial charge >= 0.3 is 0 Å². The Labute approximate surface area is 139 Å². The Morgan fingerprint density at radius 3 is 2.65 bits per heavy atom. The molecule has 0 bridgehead atoms. The predicted octanol–water partition coefficient (Wildman–Crippen LogP) is 0.199. The standard InChI is InChI=1S/C14H20N6O2.ClH/c1-7-6-11(21)18-10(17-7)4-5-16-14(22)13(15)12-8(2)19-20-9(12)3;/h6,13H,4-5,15H2,1-3H3,(H,16,22)(H,19,20)(H,17,18,21);1H. The molecule has 2 heterocycles. The summed E-state index contributed by atoms with van der Waals surface area (Å²) in [6, 6.07) is 0.644. The van der Waals surface area contributed by atoms with Crippen LogP contribution in [0.25, 0.3) is 0 Å². The molecule has 2 aromatic heterocycles. The number of H-pyrrole nitrogens is 2. The number of halogens is 1. The summed E-state index contributed by atoms with van der Waals surface area (Å²) < 4.78 is 0. The maximum absolute atomic E-state index is 12.1. The highest BCUT2D eigenvalue weighted by atomic mass is 35.5. The average molecular weight is 341 g/mol. The number of carbonyl (C=O) groups is 1. The fourth-order valence-electron chi connectivity index (χ4n) is 2.32. The molecule has 2 aromatic rings. The smallest absolute Gasteiger partial charge is 0.251 e. The summed E-state index contributed by atoms with van der Waals surface area (Å²) in [7, 11) is 0. The Morgan fingerprint density at radius 2 is 2.09 bits per heavy atom. The van der Waals surface area contributed by atoms with Crippen LogP contribution in [0.1, 0.15) is 34.5 Å². The van der Waals surface area contributed by atoms with E-state index in [0.717, 1.165) is 5.69 Å². The second kappa shape index (κ2) is 7.89. The van der Waals surface area contributed by atoms with E-state index in [0.29, 0.717) is 35.7 Å². The largest absolute Gasteiger partial charge is 0.354 e. The number of aryl methyl sites for hydroxylation is 3. The number of amides is 1. The van der Waals surface area contributed by atoms with Gasteiger partial charge in [-0.2, -0.15) is 5.10 Å². The molecule has 1 atom stereocenters. The summed E-state index contributed by atoms with van der Waals surface area (Å²) >= 11 is 0. The van der Waals surface area contributed by atoms with Crippen LogP contribution in [0.2, 0.25) is 0 Å². The highest BCUT2D eigenvalue weighted by Crippen LogP contribution is 2.17. The molecule has 5 N–H and O–H groups in total. The van der Waals surface area contributed by atoms with Gasteiger partial charge in [-0.25, -0.2) is 4.98 Å². The molecule has 0 radical (unpaired) electrons. The predicted molar refractivity (Wildman–Crippen MR) is 88.5 cm³/mol. The van der Waals surface area contributed by atoms with Crippen molar-refractivity contribution in [3.05, 3.63) is 44.9 Å². The minimum absolute atomic E-state index is 0. The normalized spacial score (nSPS) is 11.7. The summed E-state index contributed by atoms with van der Waals surface area (Å²) in [5.41, 5.74) is 8.62. The third-order valence-electron chi connectivity index (χ3n) is 3.36. The van der Waals surface area contributed by atoms with Crippen molar-refractivity contribution in [2.24, 2.45) is 5.73 Å². The van der Waals surface area contributed by atoms with E-state index in [1.165, 1.54) is 6.07 Å². The van der Waals surface area contributed by atoms with Crippen LogP contribution in [-0.2, 0) is 11.2 Å². The molecule has 0 spiro atoms. The van der Waals surface area contributed by atoms with Crippen LogP contribution in [0, 0.1) is 20.8 Å². The number of aromatic amines is 2. The van der Waals surface area contributed by atoms with Gasteiger partial charge in [0.15, 0.2) is 0 Å². The average Bonchev–Trinajstić information content (AvgIpc) is 2.76. The Morgan fingerprint density at radius 1 is 1.39 bits per heavy atom. The molecule has 0 aliphatic heterocycles. The molecule has 1 unspecified atom stereocenters. The lowest BCUT2D eigenvalue weighted by atomic mass is 10.1. The first-order valence-electron chi connectivity index (χ1n) is 7.00. The van der Waals surface area contributed by atoms with Crippen molar-refractivity contribution < 1.29 is 4.79 Å². The monoisotopic (exact) mass is 340 g/mol. The molecular weight excluding hydrogens is 320 g/mol. The topological polar surface area (TPSA) is 130 Å². The van der Waals surface area contributed by atoms with E-state index in [-0.39, 0.29) is 23.9 Å². The molecule has 2 rings (SSSR count). The third kappa shape index (κ3) is 4.64. The zero-order valence-corrected chi connectivity index (χ0v) is 14.1. The maximum atomic E-state index is 12.1. The van der Waals surface area contributed by atoms with Gasteiger partial charge in [0.05, 0.1) is 5.69 Å². The van der Waals surface area contributed by atoms with Gasteiger partial charge in [0.1, 0.15) is 11.9 Å². The van der Waals surface area contributed by atoms with E-state index in [1.807, 2.05) is 6.92 Å². The number of carbonyl (C=O) groups excluding carboxylic acids is 1. The highest BCUT2D eigenvalue weighted by molar-refractivity contribution is 5.85. The molecule has 8 nitrogen and oxygen atoms in total. The summed E-state index contributed by atoms with van der Waals surface area (Å²) in [6.07, 6.45) is 0.429. The summed E-state index contributed by atoms with van der Waals surface area (Å²) in [5, 5.41) is 9.58. The van der Waals surface area contributed by atoms with Gasteiger partial charge in [0.2, 0.25) is 5.91 Å². The van der Waals surface area contributed by atoms with Crippen molar-refractivity contribution in [2.45, 2.75) is 33.2 Å². The van der Waals surface area contributed by atoms with E-state index in [9.17, 15) is 9.59 Å². The first-order chi connectivity index (χ1) is 10.4. The van der Waals surface area contributed by atoms with Crippen LogP contribution in [0.3, 0.4) is 0 Å². The second-order valence-corrected chi connectivity index (χ2v) is 5.20. The lowest BCUT2D eigenvalue weighted by Gasteiger charge is -2.12. The molecule has 23 heavy (non-hydrogen) atoms. The van der Waals surface area contributed by atoms with E-state index in [4.69, 9.17) is 5.73 Å². The quantitative estimate of drug-likeness (QED) is 0.617. The van der Waals surface area contributed by atoms with Gasteiger partial charge in [0, 0.05) is 36.0 Å². The van der Waals surface area contributed by atoms with Crippen molar-refractivity contribution in [3.63, 3.8) is 0 Å². The number of aromatic nitrogens is 4. The molecule has 0 aliphatic rings. The summed E-state index contributed by atoms with van der Waals surface area (Å²) in [6.45, 7) is 5.71.